The summed E-state index contributed by atoms with van der Waals surface area (Å²) in [6, 6.07) is 7.02. The van der Waals surface area contributed by atoms with Crippen LogP contribution in [0.15, 0.2) is 24.3 Å². The predicted octanol–water partition coefficient (Wildman–Crippen LogP) is 2.17. The highest BCUT2D eigenvalue weighted by molar-refractivity contribution is 5.95. The molecule has 1 fully saturated rings. The molecule has 1 unspecified atom stereocenters. The Morgan fingerprint density at radius 3 is 2.64 bits per heavy atom. The fourth-order valence-electron chi connectivity index (χ4n) is 2.93. The molecule has 0 aromatic heterocycles. The molecule has 140 valence electrons. The Kier molecular flexibility index (Phi) is 8.89. The number of nitrogens with two attached hydrogens (primary N) is 1. The smallest absolute Gasteiger partial charge is 0.241 e. The van der Waals surface area contributed by atoms with Crippen LogP contribution in [-0.2, 0) is 20.9 Å². The molecule has 1 heterocycles. The molecule has 2 amide bonds. The Labute approximate surface area is 155 Å². The molecular formula is C18H28ClN3O3. The van der Waals surface area contributed by atoms with Crippen LogP contribution in [-0.4, -0.2) is 42.5 Å². The van der Waals surface area contributed by atoms with E-state index in [9.17, 15) is 9.59 Å². The number of nitrogens with zero attached hydrogens (tertiary/aromatic N) is 1. The first-order valence-electron chi connectivity index (χ1n) is 8.50. The molecule has 6 nitrogen and oxygen atoms in total. The van der Waals surface area contributed by atoms with E-state index in [4.69, 9.17) is 10.5 Å². The van der Waals surface area contributed by atoms with Crippen molar-refractivity contribution in [3.8, 4) is 0 Å². The van der Waals surface area contributed by atoms with E-state index in [2.05, 4.69) is 5.32 Å². The Morgan fingerprint density at radius 2 is 2.04 bits per heavy atom. The number of anilines is 1. The van der Waals surface area contributed by atoms with Crippen molar-refractivity contribution >= 4 is 29.9 Å². The van der Waals surface area contributed by atoms with E-state index < -0.39 is 6.04 Å². The standard InChI is InChI=1S/C18H27N3O3.ClH/c1-3-21(13(2)22)12-14-5-4-6-16(11-14)20-18(23)17(19)15-7-9-24-10-8-15;/h4-6,11,15,17H,3,7-10,12,19H2,1-2H3,(H,20,23);1H. The third kappa shape index (κ3) is 6.30. The van der Waals surface area contributed by atoms with Crippen molar-refractivity contribution < 1.29 is 14.3 Å². The van der Waals surface area contributed by atoms with Gasteiger partial charge in [0, 0.05) is 38.9 Å². The van der Waals surface area contributed by atoms with E-state index in [1.807, 2.05) is 31.2 Å². The van der Waals surface area contributed by atoms with Gasteiger partial charge in [0.1, 0.15) is 0 Å². The second kappa shape index (κ2) is 10.4. The fraction of sp³-hybridized carbons (Fsp3) is 0.556. The maximum absolute atomic E-state index is 12.4. The molecule has 2 rings (SSSR count). The lowest BCUT2D eigenvalue weighted by atomic mass is 9.92. The first kappa shape index (κ1) is 21.4. The fourth-order valence-corrected chi connectivity index (χ4v) is 2.93. The van der Waals surface area contributed by atoms with Crippen LogP contribution in [0.1, 0.15) is 32.3 Å². The van der Waals surface area contributed by atoms with Crippen LogP contribution in [0.4, 0.5) is 5.69 Å². The third-order valence-corrected chi connectivity index (χ3v) is 4.47. The minimum atomic E-state index is -0.526. The van der Waals surface area contributed by atoms with Crippen molar-refractivity contribution in [2.24, 2.45) is 11.7 Å². The molecule has 1 aromatic carbocycles. The number of amides is 2. The first-order valence-corrected chi connectivity index (χ1v) is 8.50. The summed E-state index contributed by atoms with van der Waals surface area (Å²) in [6.07, 6.45) is 1.64. The van der Waals surface area contributed by atoms with Gasteiger partial charge < -0.3 is 20.7 Å². The van der Waals surface area contributed by atoms with Gasteiger partial charge in [0.15, 0.2) is 0 Å². The van der Waals surface area contributed by atoms with Gasteiger partial charge in [-0.05, 0) is 43.4 Å². The topological polar surface area (TPSA) is 84.7 Å². The highest BCUT2D eigenvalue weighted by Gasteiger charge is 2.26. The van der Waals surface area contributed by atoms with Gasteiger partial charge in [0.2, 0.25) is 11.8 Å². The maximum atomic E-state index is 12.4. The maximum Gasteiger partial charge on any atom is 0.241 e. The normalized spacial score (nSPS) is 15.8. The van der Waals surface area contributed by atoms with Crippen LogP contribution in [0.5, 0.6) is 0 Å². The summed E-state index contributed by atoms with van der Waals surface area (Å²) in [5.74, 6) is 0.0293. The van der Waals surface area contributed by atoms with Gasteiger partial charge in [-0.3, -0.25) is 9.59 Å². The summed E-state index contributed by atoms with van der Waals surface area (Å²) in [5.41, 5.74) is 7.78. The van der Waals surface area contributed by atoms with E-state index in [-0.39, 0.29) is 30.1 Å². The molecule has 7 heteroatoms. The Balaban J connectivity index is 0.00000312. The van der Waals surface area contributed by atoms with Crippen LogP contribution < -0.4 is 11.1 Å². The van der Waals surface area contributed by atoms with E-state index in [1.54, 1.807) is 11.8 Å². The second-order valence-electron chi connectivity index (χ2n) is 6.20. The summed E-state index contributed by atoms with van der Waals surface area (Å²) in [6.45, 7) is 6.02. The number of carbonyl (C=O) groups is 2. The average Bonchev–Trinajstić information content (AvgIpc) is 2.59. The van der Waals surface area contributed by atoms with Gasteiger partial charge in [0.25, 0.3) is 0 Å². The molecule has 1 aliphatic heterocycles. The molecule has 1 atom stereocenters. The highest BCUT2D eigenvalue weighted by Crippen LogP contribution is 2.19. The van der Waals surface area contributed by atoms with E-state index >= 15 is 0 Å². The molecular weight excluding hydrogens is 342 g/mol. The van der Waals surface area contributed by atoms with Crippen molar-refractivity contribution in [2.45, 2.75) is 39.3 Å². The average molecular weight is 370 g/mol. The van der Waals surface area contributed by atoms with Crippen molar-refractivity contribution in [3.05, 3.63) is 29.8 Å². The van der Waals surface area contributed by atoms with Crippen LogP contribution in [0, 0.1) is 5.92 Å². The number of hydrogen-bond acceptors (Lipinski definition) is 4. The molecule has 1 saturated heterocycles. The zero-order valence-electron chi connectivity index (χ0n) is 14.9. The molecule has 3 N–H and O–H groups in total. The van der Waals surface area contributed by atoms with Crippen molar-refractivity contribution in [3.63, 3.8) is 0 Å². The van der Waals surface area contributed by atoms with Crippen LogP contribution in [0.25, 0.3) is 0 Å². The van der Waals surface area contributed by atoms with Gasteiger partial charge in [-0.25, -0.2) is 0 Å². The minimum Gasteiger partial charge on any atom is -0.381 e. The summed E-state index contributed by atoms with van der Waals surface area (Å²) in [7, 11) is 0. The molecule has 1 aliphatic rings. The number of benzene rings is 1. The largest absolute Gasteiger partial charge is 0.381 e. The second-order valence-corrected chi connectivity index (χ2v) is 6.20. The molecule has 1 aromatic rings. The van der Waals surface area contributed by atoms with Gasteiger partial charge >= 0.3 is 0 Å². The molecule has 25 heavy (non-hydrogen) atoms. The van der Waals surface area contributed by atoms with Crippen LogP contribution >= 0.6 is 12.4 Å². The molecule has 0 aliphatic carbocycles. The van der Waals surface area contributed by atoms with Crippen LogP contribution in [0.3, 0.4) is 0 Å². The van der Waals surface area contributed by atoms with Crippen molar-refractivity contribution in [1.29, 1.82) is 0 Å². The number of rotatable bonds is 6. The SMILES string of the molecule is CCN(Cc1cccc(NC(=O)C(N)C2CCOCC2)c1)C(C)=O.Cl. The lowest BCUT2D eigenvalue weighted by Gasteiger charge is -2.26. The summed E-state index contributed by atoms with van der Waals surface area (Å²) >= 11 is 0. The summed E-state index contributed by atoms with van der Waals surface area (Å²) < 4.78 is 5.31. The van der Waals surface area contributed by atoms with Crippen molar-refractivity contribution in [1.82, 2.24) is 4.90 Å². The van der Waals surface area contributed by atoms with Crippen LogP contribution in [0.2, 0.25) is 0 Å². The van der Waals surface area contributed by atoms with E-state index in [0.29, 0.717) is 32.0 Å². The predicted molar refractivity (Wildman–Crippen MR) is 101 cm³/mol. The molecule has 0 bridgehead atoms. The molecule has 0 spiro atoms. The Bertz CT molecular complexity index is 576. The number of nitrogens with one attached hydrogen (secondary N) is 1. The summed E-state index contributed by atoms with van der Waals surface area (Å²) in [5, 5.41) is 2.89. The first-order chi connectivity index (χ1) is 11.5. The Hall–Kier alpha value is -1.63. The zero-order chi connectivity index (χ0) is 17.5. The zero-order valence-corrected chi connectivity index (χ0v) is 15.7. The van der Waals surface area contributed by atoms with E-state index in [1.165, 1.54) is 0 Å². The van der Waals surface area contributed by atoms with Gasteiger partial charge in [-0.15, -0.1) is 12.4 Å². The quantitative estimate of drug-likeness (QED) is 0.804. The number of halogens is 1. The van der Waals surface area contributed by atoms with Gasteiger partial charge in [-0.1, -0.05) is 12.1 Å². The molecule has 0 radical (unpaired) electrons. The lowest BCUT2D eigenvalue weighted by Crippen LogP contribution is -2.44. The van der Waals surface area contributed by atoms with E-state index in [0.717, 1.165) is 18.4 Å². The van der Waals surface area contributed by atoms with Gasteiger partial charge in [-0.2, -0.15) is 0 Å². The monoisotopic (exact) mass is 369 g/mol. The number of carbonyl (C=O) groups excluding carboxylic acids is 2. The van der Waals surface area contributed by atoms with Gasteiger partial charge in [0.05, 0.1) is 6.04 Å². The van der Waals surface area contributed by atoms with Crippen molar-refractivity contribution in [2.75, 3.05) is 25.1 Å². The Morgan fingerprint density at radius 1 is 1.36 bits per heavy atom. The molecule has 0 saturated carbocycles. The lowest BCUT2D eigenvalue weighted by molar-refractivity contribution is -0.129. The number of ether oxygens (including phenoxy) is 1. The number of hydrogen-bond donors (Lipinski definition) is 2. The summed E-state index contributed by atoms with van der Waals surface area (Å²) in [4.78, 5) is 25.6. The third-order valence-electron chi connectivity index (χ3n) is 4.47. The minimum absolute atomic E-state index is 0. The highest BCUT2D eigenvalue weighted by atomic mass is 35.5.